The van der Waals surface area contributed by atoms with Gasteiger partial charge in [-0.25, -0.2) is 0 Å². The van der Waals surface area contributed by atoms with Crippen LogP contribution in [-0.2, 0) is 12.6 Å². The van der Waals surface area contributed by atoms with Crippen molar-refractivity contribution in [1.82, 2.24) is 0 Å². The first kappa shape index (κ1) is 14.0. The quantitative estimate of drug-likeness (QED) is 0.859. The summed E-state index contributed by atoms with van der Waals surface area (Å²) < 4.78 is 38.2. The zero-order chi connectivity index (χ0) is 15.0. The predicted octanol–water partition coefficient (Wildman–Crippen LogP) is 4.77. The van der Waals surface area contributed by atoms with Gasteiger partial charge in [0.15, 0.2) is 0 Å². The van der Waals surface area contributed by atoms with Crippen LogP contribution in [0, 0.1) is 6.92 Å². The number of hydrogen-bond donors (Lipinski definition) is 1. The molecular weight excluding hydrogens is 275 g/mol. The zero-order valence-electron chi connectivity index (χ0n) is 11.7. The van der Waals surface area contributed by atoms with Crippen LogP contribution in [0.2, 0.25) is 0 Å². The number of anilines is 1. The fourth-order valence-corrected chi connectivity index (χ4v) is 2.77. The Morgan fingerprint density at radius 1 is 1.14 bits per heavy atom. The molecule has 3 rings (SSSR count). The van der Waals surface area contributed by atoms with E-state index in [4.69, 9.17) is 0 Å². The molecule has 0 saturated carbocycles. The normalized spacial score (nSPS) is 17.0. The minimum atomic E-state index is -4.30. The van der Waals surface area contributed by atoms with Crippen molar-refractivity contribution in [2.45, 2.75) is 25.4 Å². The minimum Gasteiger partial charge on any atom is -0.384 e. The van der Waals surface area contributed by atoms with Gasteiger partial charge in [0, 0.05) is 18.2 Å². The number of benzene rings is 2. The second-order valence-corrected chi connectivity index (χ2v) is 5.51. The van der Waals surface area contributed by atoms with E-state index in [9.17, 15) is 13.2 Å². The summed E-state index contributed by atoms with van der Waals surface area (Å²) >= 11 is 0. The highest BCUT2D eigenvalue weighted by Crippen LogP contribution is 2.36. The summed E-state index contributed by atoms with van der Waals surface area (Å²) in [6.07, 6.45) is -3.31. The Labute approximate surface area is 121 Å². The lowest BCUT2D eigenvalue weighted by molar-refractivity contribution is -0.137. The van der Waals surface area contributed by atoms with Crippen LogP contribution < -0.4 is 5.32 Å². The van der Waals surface area contributed by atoms with Crippen molar-refractivity contribution >= 4 is 5.69 Å². The number of nitrogens with one attached hydrogen (secondary N) is 1. The maximum atomic E-state index is 12.7. The molecule has 0 saturated heterocycles. The van der Waals surface area contributed by atoms with Crippen molar-refractivity contribution in [2.75, 3.05) is 11.9 Å². The van der Waals surface area contributed by atoms with Gasteiger partial charge in [0.25, 0.3) is 0 Å². The first-order chi connectivity index (χ1) is 9.95. The van der Waals surface area contributed by atoms with E-state index in [0.717, 1.165) is 18.1 Å². The SMILES string of the molecule is Cc1ccc(C(F)(F)F)cc1NCC1Cc2ccccc21. The van der Waals surface area contributed by atoms with Crippen LogP contribution in [0.5, 0.6) is 0 Å². The molecule has 1 unspecified atom stereocenters. The van der Waals surface area contributed by atoms with Crippen molar-refractivity contribution in [3.63, 3.8) is 0 Å². The average Bonchev–Trinajstić information content (AvgIpc) is 2.40. The van der Waals surface area contributed by atoms with Gasteiger partial charge < -0.3 is 5.32 Å². The minimum absolute atomic E-state index is 0.384. The summed E-state index contributed by atoms with van der Waals surface area (Å²) in [5, 5.41) is 3.17. The van der Waals surface area contributed by atoms with E-state index in [1.807, 2.05) is 19.1 Å². The van der Waals surface area contributed by atoms with Crippen LogP contribution in [0.4, 0.5) is 18.9 Å². The van der Waals surface area contributed by atoms with Crippen molar-refractivity contribution < 1.29 is 13.2 Å². The predicted molar refractivity (Wildman–Crippen MR) is 77.6 cm³/mol. The maximum absolute atomic E-state index is 12.7. The molecule has 4 heteroatoms. The molecule has 0 radical (unpaired) electrons. The van der Waals surface area contributed by atoms with E-state index in [0.29, 0.717) is 18.2 Å². The van der Waals surface area contributed by atoms with Crippen LogP contribution in [-0.4, -0.2) is 6.54 Å². The van der Waals surface area contributed by atoms with Gasteiger partial charge in [0.2, 0.25) is 0 Å². The van der Waals surface area contributed by atoms with Crippen molar-refractivity contribution in [3.05, 3.63) is 64.7 Å². The van der Waals surface area contributed by atoms with Crippen LogP contribution in [0.1, 0.15) is 28.2 Å². The molecule has 1 N–H and O–H groups in total. The lowest BCUT2D eigenvalue weighted by Gasteiger charge is -2.30. The third kappa shape index (κ3) is 2.75. The van der Waals surface area contributed by atoms with E-state index in [-0.39, 0.29) is 0 Å². The standard InChI is InChI=1S/C17H16F3N/c1-11-6-7-14(17(18,19)20)9-16(11)21-10-13-8-12-4-2-3-5-15(12)13/h2-7,9,13,21H,8,10H2,1H3. The Morgan fingerprint density at radius 3 is 2.62 bits per heavy atom. The molecule has 1 nitrogen and oxygen atoms in total. The van der Waals surface area contributed by atoms with Crippen LogP contribution in [0.3, 0.4) is 0 Å². The van der Waals surface area contributed by atoms with Gasteiger partial charge in [0.05, 0.1) is 5.56 Å². The molecule has 0 heterocycles. The van der Waals surface area contributed by atoms with E-state index in [1.54, 1.807) is 0 Å². The Kier molecular flexibility index (Phi) is 3.40. The molecule has 2 aromatic carbocycles. The second-order valence-electron chi connectivity index (χ2n) is 5.51. The highest BCUT2D eigenvalue weighted by molar-refractivity contribution is 5.54. The lowest BCUT2D eigenvalue weighted by atomic mass is 9.77. The molecule has 0 fully saturated rings. The number of halogens is 3. The third-order valence-corrected chi connectivity index (χ3v) is 4.07. The highest BCUT2D eigenvalue weighted by atomic mass is 19.4. The van der Waals surface area contributed by atoms with Gasteiger partial charge in [-0.3, -0.25) is 0 Å². The monoisotopic (exact) mass is 291 g/mol. The Hall–Kier alpha value is -1.97. The summed E-state index contributed by atoms with van der Waals surface area (Å²) in [7, 11) is 0. The van der Waals surface area contributed by atoms with Gasteiger partial charge in [-0.05, 0) is 42.2 Å². The van der Waals surface area contributed by atoms with Gasteiger partial charge in [-0.1, -0.05) is 30.3 Å². The van der Waals surface area contributed by atoms with Gasteiger partial charge >= 0.3 is 6.18 Å². The van der Waals surface area contributed by atoms with Crippen LogP contribution in [0.25, 0.3) is 0 Å². The van der Waals surface area contributed by atoms with E-state index in [1.165, 1.54) is 23.3 Å². The third-order valence-electron chi connectivity index (χ3n) is 4.07. The van der Waals surface area contributed by atoms with Crippen molar-refractivity contribution in [2.24, 2.45) is 0 Å². The van der Waals surface area contributed by atoms with Gasteiger partial charge in [-0.2, -0.15) is 13.2 Å². The molecule has 0 amide bonds. The second kappa shape index (κ2) is 5.10. The average molecular weight is 291 g/mol. The smallest absolute Gasteiger partial charge is 0.384 e. The van der Waals surface area contributed by atoms with Gasteiger partial charge in [-0.15, -0.1) is 0 Å². The fourth-order valence-electron chi connectivity index (χ4n) is 2.77. The molecule has 2 aromatic rings. The number of rotatable bonds is 3. The van der Waals surface area contributed by atoms with E-state index in [2.05, 4.69) is 17.4 Å². The summed E-state index contributed by atoms with van der Waals surface area (Å²) in [5.74, 6) is 0.384. The number of hydrogen-bond acceptors (Lipinski definition) is 1. The topological polar surface area (TPSA) is 12.0 Å². The largest absolute Gasteiger partial charge is 0.416 e. The van der Waals surface area contributed by atoms with E-state index < -0.39 is 11.7 Å². The number of aryl methyl sites for hydroxylation is 1. The van der Waals surface area contributed by atoms with E-state index >= 15 is 0 Å². The molecule has 0 bridgehead atoms. The molecule has 0 aliphatic heterocycles. The fraction of sp³-hybridized carbons (Fsp3) is 0.294. The number of alkyl halides is 3. The summed E-state index contributed by atoms with van der Waals surface area (Å²) in [5.41, 5.74) is 3.43. The summed E-state index contributed by atoms with van der Waals surface area (Å²) in [4.78, 5) is 0. The molecule has 0 aromatic heterocycles. The molecule has 110 valence electrons. The molecule has 1 aliphatic carbocycles. The lowest BCUT2D eigenvalue weighted by Crippen LogP contribution is -2.24. The summed E-state index contributed by atoms with van der Waals surface area (Å²) in [6.45, 7) is 2.48. The Balaban J connectivity index is 1.72. The number of fused-ring (bicyclic) bond motifs is 1. The van der Waals surface area contributed by atoms with Crippen LogP contribution >= 0.6 is 0 Å². The summed E-state index contributed by atoms with van der Waals surface area (Å²) in [6, 6.07) is 12.0. The first-order valence-corrected chi connectivity index (χ1v) is 6.94. The van der Waals surface area contributed by atoms with Gasteiger partial charge in [0.1, 0.15) is 0 Å². The molecule has 21 heavy (non-hydrogen) atoms. The molecule has 1 aliphatic rings. The van der Waals surface area contributed by atoms with Crippen LogP contribution in [0.15, 0.2) is 42.5 Å². The van der Waals surface area contributed by atoms with Crippen molar-refractivity contribution in [1.29, 1.82) is 0 Å². The highest BCUT2D eigenvalue weighted by Gasteiger charge is 2.31. The molecular formula is C17H16F3N. The van der Waals surface area contributed by atoms with Crippen molar-refractivity contribution in [3.8, 4) is 0 Å². The Morgan fingerprint density at radius 2 is 1.90 bits per heavy atom. The molecule has 0 spiro atoms. The molecule has 1 atom stereocenters. The maximum Gasteiger partial charge on any atom is 0.416 e. The zero-order valence-corrected chi connectivity index (χ0v) is 11.7. The first-order valence-electron chi connectivity index (χ1n) is 6.94. The Bertz CT molecular complexity index is 661.